The monoisotopic (exact) mass is 390 g/mol. The van der Waals surface area contributed by atoms with E-state index in [1.54, 1.807) is 19.2 Å². The average molecular weight is 391 g/mol. The van der Waals surface area contributed by atoms with Crippen molar-refractivity contribution in [2.45, 2.75) is 25.7 Å². The summed E-state index contributed by atoms with van der Waals surface area (Å²) in [4.78, 5) is 27.4. The van der Waals surface area contributed by atoms with Gasteiger partial charge in [0.1, 0.15) is 0 Å². The topological polar surface area (TPSA) is 49.4 Å². The van der Waals surface area contributed by atoms with Crippen LogP contribution in [0.3, 0.4) is 0 Å². The standard InChI is InChI=1S/C20H23ClN2O2S/c1-12-8-13(2)19(14(3)9-12)22-18(24)11-23(4)20(25)16-10-15(26-5)6-7-17(16)21/h6-10H,11H2,1-5H3,(H,22,24). The van der Waals surface area contributed by atoms with Gasteiger partial charge in [-0.05, 0) is 56.4 Å². The molecule has 0 aromatic heterocycles. The third kappa shape index (κ3) is 4.80. The number of hydrogen-bond donors (Lipinski definition) is 1. The molecule has 0 saturated carbocycles. The van der Waals surface area contributed by atoms with E-state index in [-0.39, 0.29) is 18.4 Å². The Bertz CT molecular complexity index is 829. The van der Waals surface area contributed by atoms with Gasteiger partial charge in [-0.2, -0.15) is 0 Å². The molecule has 0 atom stereocenters. The Balaban J connectivity index is 2.11. The molecule has 0 aliphatic rings. The number of aryl methyl sites for hydroxylation is 3. The summed E-state index contributed by atoms with van der Waals surface area (Å²) in [6.07, 6.45) is 1.93. The number of benzene rings is 2. The molecule has 0 unspecified atom stereocenters. The van der Waals surface area contributed by atoms with Crippen molar-refractivity contribution in [2.75, 3.05) is 25.2 Å². The highest BCUT2D eigenvalue weighted by atomic mass is 35.5. The van der Waals surface area contributed by atoms with Gasteiger partial charge >= 0.3 is 0 Å². The van der Waals surface area contributed by atoms with Crippen molar-refractivity contribution in [3.05, 3.63) is 57.6 Å². The zero-order chi connectivity index (χ0) is 19.4. The molecule has 6 heteroatoms. The third-order valence-corrected chi connectivity index (χ3v) is 5.13. The zero-order valence-corrected chi connectivity index (χ0v) is 17.2. The molecule has 0 radical (unpaired) electrons. The molecule has 138 valence electrons. The second-order valence-corrected chi connectivity index (χ2v) is 7.62. The van der Waals surface area contributed by atoms with Crippen LogP contribution in [0.15, 0.2) is 35.2 Å². The van der Waals surface area contributed by atoms with Gasteiger partial charge in [0.25, 0.3) is 5.91 Å². The molecular weight excluding hydrogens is 368 g/mol. The van der Waals surface area contributed by atoms with Crippen LogP contribution in [0.2, 0.25) is 5.02 Å². The molecule has 26 heavy (non-hydrogen) atoms. The Labute approximate surface area is 163 Å². The van der Waals surface area contributed by atoms with Crippen molar-refractivity contribution in [1.82, 2.24) is 4.90 Å². The Morgan fingerprint density at radius 1 is 1.12 bits per heavy atom. The zero-order valence-electron chi connectivity index (χ0n) is 15.6. The van der Waals surface area contributed by atoms with Crippen molar-refractivity contribution in [3.63, 3.8) is 0 Å². The Kier molecular flexibility index (Phi) is 6.73. The summed E-state index contributed by atoms with van der Waals surface area (Å²) in [5, 5.41) is 3.29. The van der Waals surface area contributed by atoms with Crippen molar-refractivity contribution in [2.24, 2.45) is 0 Å². The fourth-order valence-electron chi connectivity index (χ4n) is 2.84. The van der Waals surface area contributed by atoms with Gasteiger partial charge in [-0.1, -0.05) is 29.3 Å². The summed E-state index contributed by atoms with van der Waals surface area (Å²) in [6.45, 7) is 5.88. The van der Waals surface area contributed by atoms with Crippen LogP contribution in [0, 0.1) is 20.8 Å². The highest BCUT2D eigenvalue weighted by molar-refractivity contribution is 7.98. The Hall–Kier alpha value is -1.98. The van der Waals surface area contributed by atoms with Crippen LogP contribution < -0.4 is 5.32 Å². The van der Waals surface area contributed by atoms with Crippen LogP contribution in [-0.2, 0) is 4.79 Å². The Morgan fingerprint density at radius 2 is 1.73 bits per heavy atom. The Morgan fingerprint density at radius 3 is 2.31 bits per heavy atom. The summed E-state index contributed by atoms with van der Waals surface area (Å²) in [5.41, 5.74) is 4.34. The average Bonchev–Trinajstić information content (AvgIpc) is 2.57. The largest absolute Gasteiger partial charge is 0.332 e. The van der Waals surface area contributed by atoms with Gasteiger partial charge in [0, 0.05) is 17.6 Å². The van der Waals surface area contributed by atoms with Gasteiger partial charge in [-0.25, -0.2) is 0 Å². The van der Waals surface area contributed by atoms with Gasteiger partial charge in [0.15, 0.2) is 0 Å². The second-order valence-electron chi connectivity index (χ2n) is 6.33. The molecule has 0 fully saturated rings. The van der Waals surface area contributed by atoms with Crippen LogP contribution in [-0.4, -0.2) is 36.6 Å². The minimum Gasteiger partial charge on any atom is -0.332 e. The van der Waals surface area contributed by atoms with Gasteiger partial charge < -0.3 is 10.2 Å². The first-order chi connectivity index (χ1) is 12.2. The molecule has 4 nitrogen and oxygen atoms in total. The van der Waals surface area contributed by atoms with E-state index >= 15 is 0 Å². The fraction of sp³-hybridized carbons (Fsp3) is 0.300. The fourth-order valence-corrected chi connectivity index (χ4v) is 3.48. The maximum atomic E-state index is 12.7. The quantitative estimate of drug-likeness (QED) is 0.753. The molecule has 2 aromatic carbocycles. The molecule has 0 heterocycles. The highest BCUT2D eigenvalue weighted by Crippen LogP contribution is 2.24. The maximum absolute atomic E-state index is 12.7. The molecule has 0 spiro atoms. The van der Waals surface area contributed by atoms with Crippen molar-refractivity contribution in [1.29, 1.82) is 0 Å². The smallest absolute Gasteiger partial charge is 0.255 e. The number of halogens is 1. The van der Waals surface area contributed by atoms with Crippen molar-refractivity contribution in [3.8, 4) is 0 Å². The maximum Gasteiger partial charge on any atom is 0.255 e. The molecule has 0 aliphatic heterocycles. The van der Waals surface area contributed by atoms with E-state index in [9.17, 15) is 9.59 Å². The van der Waals surface area contributed by atoms with E-state index in [0.717, 1.165) is 27.3 Å². The lowest BCUT2D eigenvalue weighted by atomic mass is 10.1. The number of thioether (sulfide) groups is 1. The van der Waals surface area contributed by atoms with E-state index in [1.807, 2.05) is 45.2 Å². The van der Waals surface area contributed by atoms with Crippen LogP contribution in [0.5, 0.6) is 0 Å². The van der Waals surface area contributed by atoms with Gasteiger partial charge in [-0.15, -0.1) is 11.8 Å². The number of nitrogens with zero attached hydrogens (tertiary/aromatic N) is 1. The minimum absolute atomic E-state index is 0.0502. The number of carbonyl (C=O) groups is 2. The number of hydrogen-bond acceptors (Lipinski definition) is 3. The highest BCUT2D eigenvalue weighted by Gasteiger charge is 2.19. The molecule has 0 bridgehead atoms. The second kappa shape index (κ2) is 8.60. The third-order valence-electron chi connectivity index (χ3n) is 4.07. The molecule has 0 aliphatic carbocycles. The molecule has 2 amide bonds. The lowest BCUT2D eigenvalue weighted by Crippen LogP contribution is -2.35. The predicted octanol–water partition coefficient (Wildman–Crippen LogP) is 4.70. The first-order valence-electron chi connectivity index (χ1n) is 8.19. The summed E-state index contributed by atoms with van der Waals surface area (Å²) in [6, 6.07) is 9.35. The predicted molar refractivity (Wildman–Crippen MR) is 109 cm³/mol. The lowest BCUT2D eigenvalue weighted by molar-refractivity contribution is -0.116. The van der Waals surface area contributed by atoms with Crippen molar-refractivity contribution < 1.29 is 9.59 Å². The molecule has 2 rings (SSSR count). The summed E-state index contributed by atoms with van der Waals surface area (Å²) in [7, 11) is 1.60. The molecular formula is C20H23ClN2O2S. The number of carbonyl (C=O) groups excluding carboxylic acids is 2. The lowest BCUT2D eigenvalue weighted by Gasteiger charge is -2.19. The number of rotatable bonds is 5. The number of amides is 2. The first kappa shape index (κ1) is 20.3. The minimum atomic E-state index is -0.279. The van der Waals surface area contributed by atoms with E-state index in [4.69, 9.17) is 11.6 Å². The molecule has 0 saturated heterocycles. The number of nitrogens with one attached hydrogen (secondary N) is 1. The summed E-state index contributed by atoms with van der Waals surface area (Å²) in [5.74, 6) is -0.522. The van der Waals surface area contributed by atoms with Crippen molar-refractivity contribution >= 4 is 40.9 Å². The van der Waals surface area contributed by atoms with Crippen LogP contribution >= 0.6 is 23.4 Å². The first-order valence-corrected chi connectivity index (χ1v) is 9.80. The normalized spacial score (nSPS) is 10.5. The number of anilines is 1. The SMILES string of the molecule is CSc1ccc(Cl)c(C(=O)N(C)CC(=O)Nc2c(C)cc(C)cc2C)c1. The molecule has 2 aromatic rings. The number of likely N-dealkylation sites (N-methyl/N-ethyl adjacent to an activating group) is 1. The summed E-state index contributed by atoms with van der Waals surface area (Å²) >= 11 is 7.69. The van der Waals surface area contributed by atoms with E-state index in [1.165, 1.54) is 16.7 Å². The van der Waals surface area contributed by atoms with Crippen LogP contribution in [0.4, 0.5) is 5.69 Å². The van der Waals surface area contributed by atoms with E-state index in [2.05, 4.69) is 5.32 Å². The molecule has 1 N–H and O–H groups in total. The van der Waals surface area contributed by atoms with E-state index < -0.39 is 0 Å². The van der Waals surface area contributed by atoms with Gasteiger partial charge in [0.2, 0.25) is 5.91 Å². The van der Waals surface area contributed by atoms with Gasteiger partial charge in [-0.3, -0.25) is 9.59 Å². The summed E-state index contributed by atoms with van der Waals surface area (Å²) < 4.78 is 0. The van der Waals surface area contributed by atoms with E-state index in [0.29, 0.717) is 10.6 Å². The van der Waals surface area contributed by atoms with Gasteiger partial charge in [0.05, 0.1) is 17.1 Å². The van der Waals surface area contributed by atoms with Crippen LogP contribution in [0.25, 0.3) is 0 Å². The van der Waals surface area contributed by atoms with Crippen LogP contribution in [0.1, 0.15) is 27.0 Å².